The van der Waals surface area contributed by atoms with E-state index >= 15 is 0 Å². The molecule has 25 heavy (non-hydrogen) atoms. The number of rotatable bonds is 6. The topological polar surface area (TPSA) is 58.6 Å². The highest BCUT2D eigenvalue weighted by atomic mass is 16.5. The van der Waals surface area contributed by atoms with Crippen LogP contribution in [-0.2, 0) is 16.1 Å². The van der Waals surface area contributed by atoms with Gasteiger partial charge in [-0.05, 0) is 30.9 Å². The Morgan fingerprint density at radius 2 is 2.20 bits per heavy atom. The van der Waals surface area contributed by atoms with E-state index in [1.165, 1.54) is 0 Å². The fourth-order valence-electron chi connectivity index (χ4n) is 3.08. The number of benzene rings is 1. The lowest BCUT2D eigenvalue weighted by atomic mass is 10.1. The summed E-state index contributed by atoms with van der Waals surface area (Å²) >= 11 is 0. The summed E-state index contributed by atoms with van der Waals surface area (Å²) in [7, 11) is 1.57. The lowest BCUT2D eigenvalue weighted by Gasteiger charge is -2.25. The molecule has 0 bridgehead atoms. The first kappa shape index (κ1) is 18.9. The Kier molecular flexibility index (Phi) is 6.46. The number of likely N-dealkylation sites (tertiary alicyclic amines) is 1. The van der Waals surface area contributed by atoms with E-state index in [0.29, 0.717) is 31.7 Å². The summed E-state index contributed by atoms with van der Waals surface area (Å²) in [5, 5.41) is 2.93. The Labute approximate surface area is 149 Å². The number of carbonyl (C=O) groups is 2. The van der Waals surface area contributed by atoms with Crippen LogP contribution in [0.3, 0.4) is 0 Å². The van der Waals surface area contributed by atoms with E-state index in [-0.39, 0.29) is 23.8 Å². The Morgan fingerprint density at radius 3 is 2.84 bits per heavy atom. The minimum absolute atomic E-state index is 0.0589. The van der Waals surface area contributed by atoms with Gasteiger partial charge in [0, 0.05) is 30.6 Å². The van der Waals surface area contributed by atoms with Crippen LogP contribution in [0.25, 0.3) is 0 Å². The molecule has 0 spiro atoms. The Hall–Kier alpha value is -2.48. The standard InChI is InChI=1S/C20H26N2O3/c1-5-15-8-9-16(18(12-15)25-4)13-21-20(24)17-7-6-10-22(17)19(23)11-14(2)3/h1,8-9,12,14,17H,6-7,10-11,13H2,2-4H3,(H,21,24). The van der Waals surface area contributed by atoms with Crippen LogP contribution in [0.15, 0.2) is 18.2 Å². The molecule has 5 nitrogen and oxygen atoms in total. The molecule has 1 aliphatic rings. The van der Waals surface area contributed by atoms with E-state index < -0.39 is 0 Å². The minimum atomic E-state index is -0.373. The first-order chi connectivity index (χ1) is 12.0. The van der Waals surface area contributed by atoms with Gasteiger partial charge in [-0.15, -0.1) is 6.42 Å². The van der Waals surface area contributed by atoms with Crippen molar-refractivity contribution in [2.45, 2.75) is 45.7 Å². The molecule has 0 aromatic heterocycles. The summed E-state index contributed by atoms with van der Waals surface area (Å²) in [6.07, 6.45) is 7.45. The summed E-state index contributed by atoms with van der Waals surface area (Å²) in [6.45, 7) is 5.02. The fourth-order valence-corrected chi connectivity index (χ4v) is 3.08. The average Bonchev–Trinajstić information content (AvgIpc) is 3.08. The van der Waals surface area contributed by atoms with Gasteiger partial charge in [-0.2, -0.15) is 0 Å². The predicted molar refractivity (Wildman–Crippen MR) is 97.0 cm³/mol. The zero-order chi connectivity index (χ0) is 18.4. The van der Waals surface area contributed by atoms with Gasteiger partial charge >= 0.3 is 0 Å². The van der Waals surface area contributed by atoms with Crippen molar-refractivity contribution in [1.29, 1.82) is 0 Å². The van der Waals surface area contributed by atoms with Crippen LogP contribution in [0.1, 0.15) is 44.2 Å². The molecule has 1 fully saturated rings. The van der Waals surface area contributed by atoms with E-state index in [2.05, 4.69) is 11.2 Å². The van der Waals surface area contributed by atoms with Gasteiger partial charge in [0.1, 0.15) is 11.8 Å². The van der Waals surface area contributed by atoms with E-state index in [9.17, 15) is 9.59 Å². The number of nitrogens with zero attached hydrogens (tertiary/aromatic N) is 1. The van der Waals surface area contributed by atoms with Crippen molar-refractivity contribution < 1.29 is 14.3 Å². The van der Waals surface area contributed by atoms with Crippen LogP contribution < -0.4 is 10.1 Å². The molecule has 1 unspecified atom stereocenters. The van der Waals surface area contributed by atoms with Gasteiger partial charge in [0.05, 0.1) is 7.11 Å². The van der Waals surface area contributed by atoms with Crippen LogP contribution in [0.4, 0.5) is 0 Å². The molecular weight excluding hydrogens is 316 g/mol. The van der Waals surface area contributed by atoms with Gasteiger partial charge in [0.2, 0.25) is 11.8 Å². The van der Waals surface area contributed by atoms with Gasteiger partial charge < -0.3 is 15.0 Å². The lowest BCUT2D eigenvalue weighted by molar-refractivity contribution is -0.139. The van der Waals surface area contributed by atoms with Crippen LogP contribution in [0.5, 0.6) is 5.75 Å². The zero-order valence-electron chi connectivity index (χ0n) is 15.2. The van der Waals surface area contributed by atoms with E-state index in [1.807, 2.05) is 26.0 Å². The molecule has 2 rings (SSSR count). The molecule has 2 amide bonds. The number of nitrogens with one attached hydrogen (secondary N) is 1. The van der Waals surface area contributed by atoms with Crippen molar-refractivity contribution in [1.82, 2.24) is 10.2 Å². The molecule has 134 valence electrons. The SMILES string of the molecule is C#Cc1ccc(CNC(=O)C2CCCN2C(=O)CC(C)C)c(OC)c1. The molecule has 1 heterocycles. The molecule has 0 radical (unpaired) electrons. The van der Waals surface area contributed by atoms with E-state index in [1.54, 1.807) is 18.1 Å². The second kappa shape index (κ2) is 8.57. The van der Waals surface area contributed by atoms with Gasteiger partial charge in [-0.3, -0.25) is 9.59 Å². The van der Waals surface area contributed by atoms with Gasteiger partial charge in [-0.25, -0.2) is 0 Å². The van der Waals surface area contributed by atoms with Crippen LogP contribution >= 0.6 is 0 Å². The first-order valence-corrected chi connectivity index (χ1v) is 8.67. The van der Waals surface area contributed by atoms with Gasteiger partial charge in [0.15, 0.2) is 0 Å². The summed E-state index contributed by atoms with van der Waals surface area (Å²) in [4.78, 5) is 26.6. The van der Waals surface area contributed by atoms with Crippen LogP contribution in [0, 0.1) is 18.3 Å². The molecule has 1 atom stereocenters. The number of hydrogen-bond donors (Lipinski definition) is 1. The monoisotopic (exact) mass is 342 g/mol. The van der Waals surface area contributed by atoms with Gasteiger partial charge in [-0.1, -0.05) is 25.8 Å². The normalized spacial score (nSPS) is 16.6. The highest BCUT2D eigenvalue weighted by Gasteiger charge is 2.33. The first-order valence-electron chi connectivity index (χ1n) is 8.67. The molecule has 1 aromatic rings. The van der Waals surface area contributed by atoms with Crippen molar-refractivity contribution >= 4 is 11.8 Å². The molecule has 0 saturated carbocycles. The Bertz CT molecular complexity index is 676. The highest BCUT2D eigenvalue weighted by Crippen LogP contribution is 2.22. The quantitative estimate of drug-likeness (QED) is 0.807. The third kappa shape index (κ3) is 4.76. The number of ether oxygens (including phenoxy) is 1. The van der Waals surface area contributed by atoms with Gasteiger partial charge in [0.25, 0.3) is 0 Å². The minimum Gasteiger partial charge on any atom is -0.496 e. The Morgan fingerprint density at radius 1 is 1.44 bits per heavy atom. The Balaban J connectivity index is 2.00. The summed E-state index contributed by atoms with van der Waals surface area (Å²) in [5.74, 6) is 3.44. The highest BCUT2D eigenvalue weighted by molar-refractivity contribution is 5.88. The van der Waals surface area contributed by atoms with E-state index in [4.69, 9.17) is 11.2 Å². The van der Waals surface area contributed by atoms with Crippen molar-refractivity contribution in [3.8, 4) is 18.1 Å². The predicted octanol–water partition coefficient (Wildman–Crippen LogP) is 2.33. The second-order valence-electron chi connectivity index (χ2n) is 6.73. The van der Waals surface area contributed by atoms with Crippen molar-refractivity contribution in [2.24, 2.45) is 5.92 Å². The van der Waals surface area contributed by atoms with Crippen molar-refractivity contribution in [3.05, 3.63) is 29.3 Å². The third-order valence-electron chi connectivity index (χ3n) is 4.37. The molecule has 1 aromatic carbocycles. The molecular formula is C20H26N2O3. The van der Waals surface area contributed by atoms with E-state index in [0.717, 1.165) is 17.5 Å². The number of hydrogen-bond acceptors (Lipinski definition) is 3. The maximum atomic E-state index is 12.6. The number of amides is 2. The summed E-state index contributed by atoms with van der Waals surface area (Å²) in [5.41, 5.74) is 1.58. The fraction of sp³-hybridized carbons (Fsp3) is 0.500. The number of methoxy groups -OCH3 is 1. The maximum absolute atomic E-state index is 12.6. The number of terminal acetylenes is 1. The summed E-state index contributed by atoms with van der Waals surface area (Å²) in [6, 6.07) is 5.07. The molecule has 1 saturated heterocycles. The van der Waals surface area contributed by atoms with Crippen LogP contribution in [-0.4, -0.2) is 36.4 Å². The van der Waals surface area contributed by atoms with Crippen LogP contribution in [0.2, 0.25) is 0 Å². The summed E-state index contributed by atoms with van der Waals surface area (Å²) < 4.78 is 5.34. The molecule has 1 aliphatic heterocycles. The molecule has 0 aliphatic carbocycles. The lowest BCUT2D eigenvalue weighted by Crippen LogP contribution is -2.46. The largest absolute Gasteiger partial charge is 0.496 e. The molecule has 1 N–H and O–H groups in total. The van der Waals surface area contributed by atoms with Crippen molar-refractivity contribution in [2.75, 3.05) is 13.7 Å². The van der Waals surface area contributed by atoms with Crippen molar-refractivity contribution in [3.63, 3.8) is 0 Å². The maximum Gasteiger partial charge on any atom is 0.243 e. The zero-order valence-corrected chi connectivity index (χ0v) is 15.2. The average molecular weight is 342 g/mol. The molecule has 5 heteroatoms. The third-order valence-corrected chi connectivity index (χ3v) is 4.37. The second-order valence-corrected chi connectivity index (χ2v) is 6.73. The smallest absolute Gasteiger partial charge is 0.243 e. The number of carbonyl (C=O) groups excluding carboxylic acids is 2.